The SMILES string of the molecule is COc1ccc(-c2cc(CNC(=O)COc3ccc(F)cc3)ncn2)cc1. The van der Waals surface area contributed by atoms with Crippen LogP contribution in [-0.4, -0.2) is 29.6 Å². The molecule has 0 saturated carbocycles. The zero-order chi connectivity index (χ0) is 19.1. The summed E-state index contributed by atoms with van der Waals surface area (Å²) in [5.74, 6) is 0.531. The van der Waals surface area contributed by atoms with Crippen LogP contribution in [0.1, 0.15) is 5.69 Å². The Kier molecular flexibility index (Phi) is 5.94. The summed E-state index contributed by atoms with van der Waals surface area (Å²) in [6.07, 6.45) is 1.45. The second kappa shape index (κ2) is 8.75. The summed E-state index contributed by atoms with van der Waals surface area (Å²) in [7, 11) is 1.61. The van der Waals surface area contributed by atoms with Crippen molar-refractivity contribution < 1.29 is 18.7 Å². The van der Waals surface area contributed by atoms with E-state index in [1.807, 2.05) is 30.3 Å². The number of rotatable bonds is 7. The molecule has 0 unspecified atom stereocenters. The Morgan fingerprint density at radius 3 is 2.44 bits per heavy atom. The van der Waals surface area contributed by atoms with E-state index in [9.17, 15) is 9.18 Å². The maximum Gasteiger partial charge on any atom is 0.258 e. The van der Waals surface area contributed by atoms with Gasteiger partial charge in [0.15, 0.2) is 6.61 Å². The Bertz CT molecular complexity index is 899. The van der Waals surface area contributed by atoms with Crippen molar-refractivity contribution in [3.05, 3.63) is 72.4 Å². The zero-order valence-electron chi connectivity index (χ0n) is 14.7. The first-order valence-electron chi connectivity index (χ1n) is 8.24. The molecule has 0 fully saturated rings. The highest BCUT2D eigenvalue weighted by Gasteiger charge is 2.06. The molecule has 3 aromatic rings. The number of hydrogen-bond acceptors (Lipinski definition) is 5. The quantitative estimate of drug-likeness (QED) is 0.695. The molecule has 2 aromatic carbocycles. The van der Waals surface area contributed by atoms with Gasteiger partial charge in [0.05, 0.1) is 25.0 Å². The van der Waals surface area contributed by atoms with Gasteiger partial charge in [-0.25, -0.2) is 14.4 Å². The zero-order valence-corrected chi connectivity index (χ0v) is 14.7. The molecule has 0 aliphatic rings. The molecule has 1 aromatic heterocycles. The van der Waals surface area contributed by atoms with Crippen LogP contribution in [0.25, 0.3) is 11.3 Å². The summed E-state index contributed by atoms with van der Waals surface area (Å²) in [6, 6.07) is 14.8. The highest BCUT2D eigenvalue weighted by molar-refractivity contribution is 5.77. The van der Waals surface area contributed by atoms with Crippen molar-refractivity contribution in [1.82, 2.24) is 15.3 Å². The number of carbonyl (C=O) groups excluding carboxylic acids is 1. The average molecular weight is 367 g/mol. The van der Waals surface area contributed by atoms with E-state index in [4.69, 9.17) is 9.47 Å². The number of nitrogens with zero attached hydrogens (tertiary/aromatic N) is 2. The Morgan fingerprint density at radius 2 is 1.74 bits per heavy atom. The van der Waals surface area contributed by atoms with Gasteiger partial charge in [0, 0.05) is 5.56 Å². The minimum absolute atomic E-state index is 0.165. The molecule has 0 saturated heterocycles. The van der Waals surface area contributed by atoms with Crippen LogP contribution < -0.4 is 14.8 Å². The molecular formula is C20H18FN3O3. The third-order valence-electron chi connectivity index (χ3n) is 3.76. The first-order chi connectivity index (χ1) is 13.1. The lowest BCUT2D eigenvalue weighted by molar-refractivity contribution is -0.123. The van der Waals surface area contributed by atoms with Crippen LogP contribution in [0, 0.1) is 5.82 Å². The van der Waals surface area contributed by atoms with Crippen LogP contribution in [0.5, 0.6) is 11.5 Å². The van der Waals surface area contributed by atoms with E-state index in [1.54, 1.807) is 7.11 Å². The molecule has 7 heteroatoms. The number of benzene rings is 2. The summed E-state index contributed by atoms with van der Waals surface area (Å²) in [6.45, 7) is 0.0827. The molecule has 0 aliphatic heterocycles. The summed E-state index contributed by atoms with van der Waals surface area (Å²) in [5, 5.41) is 2.73. The molecule has 138 valence electrons. The molecule has 1 N–H and O–H groups in total. The number of methoxy groups -OCH3 is 1. The minimum atomic E-state index is -0.358. The standard InChI is InChI=1S/C20H18FN3O3/c1-26-17-6-2-14(3-7-17)19-10-16(23-13-24-19)11-22-20(25)12-27-18-8-4-15(21)5-9-18/h2-10,13H,11-12H2,1H3,(H,22,25). The van der Waals surface area contributed by atoms with E-state index >= 15 is 0 Å². The second-order valence-electron chi connectivity index (χ2n) is 5.64. The number of hydrogen-bond donors (Lipinski definition) is 1. The fourth-order valence-electron chi connectivity index (χ4n) is 2.33. The number of aromatic nitrogens is 2. The molecule has 0 aliphatic carbocycles. The summed E-state index contributed by atoms with van der Waals surface area (Å²) in [5.41, 5.74) is 2.34. The van der Waals surface area contributed by atoms with Crippen LogP contribution in [0.3, 0.4) is 0 Å². The van der Waals surface area contributed by atoms with Crippen LogP contribution in [0.15, 0.2) is 60.9 Å². The first-order valence-corrected chi connectivity index (χ1v) is 8.24. The molecule has 0 spiro atoms. The summed E-state index contributed by atoms with van der Waals surface area (Å²) >= 11 is 0. The molecule has 6 nitrogen and oxygen atoms in total. The average Bonchev–Trinajstić information content (AvgIpc) is 2.72. The van der Waals surface area contributed by atoms with Crippen molar-refractivity contribution in [3.8, 4) is 22.8 Å². The van der Waals surface area contributed by atoms with Gasteiger partial charge in [0.1, 0.15) is 23.6 Å². The molecule has 27 heavy (non-hydrogen) atoms. The maximum absolute atomic E-state index is 12.8. The van der Waals surface area contributed by atoms with E-state index in [0.717, 1.165) is 17.0 Å². The van der Waals surface area contributed by atoms with Crippen molar-refractivity contribution in [3.63, 3.8) is 0 Å². The van der Waals surface area contributed by atoms with Crippen LogP contribution >= 0.6 is 0 Å². The molecular weight excluding hydrogens is 349 g/mol. The number of carbonyl (C=O) groups is 1. The number of halogens is 1. The fraction of sp³-hybridized carbons (Fsp3) is 0.150. The van der Waals surface area contributed by atoms with E-state index in [0.29, 0.717) is 11.4 Å². The van der Waals surface area contributed by atoms with E-state index in [1.165, 1.54) is 30.6 Å². The largest absolute Gasteiger partial charge is 0.497 e. The van der Waals surface area contributed by atoms with Crippen LogP contribution in [0.4, 0.5) is 4.39 Å². The maximum atomic E-state index is 12.8. The summed E-state index contributed by atoms with van der Waals surface area (Å²) < 4.78 is 23.3. The molecule has 0 radical (unpaired) electrons. The van der Waals surface area contributed by atoms with Crippen molar-refractivity contribution in [2.75, 3.05) is 13.7 Å². The van der Waals surface area contributed by atoms with Gasteiger partial charge in [0.25, 0.3) is 5.91 Å². The lowest BCUT2D eigenvalue weighted by Gasteiger charge is -2.08. The lowest BCUT2D eigenvalue weighted by atomic mass is 10.1. The number of nitrogens with one attached hydrogen (secondary N) is 1. The van der Waals surface area contributed by atoms with Gasteiger partial charge in [-0.1, -0.05) is 0 Å². The molecule has 0 bridgehead atoms. The topological polar surface area (TPSA) is 73.3 Å². The van der Waals surface area contributed by atoms with Gasteiger partial charge in [0.2, 0.25) is 0 Å². The normalized spacial score (nSPS) is 10.3. The predicted molar refractivity (Wildman–Crippen MR) is 97.8 cm³/mol. The Labute approximate surface area is 156 Å². The Morgan fingerprint density at radius 1 is 1.04 bits per heavy atom. The Hall–Kier alpha value is -3.48. The highest BCUT2D eigenvalue weighted by atomic mass is 19.1. The van der Waals surface area contributed by atoms with Crippen molar-refractivity contribution in [1.29, 1.82) is 0 Å². The molecule has 3 rings (SSSR count). The monoisotopic (exact) mass is 367 g/mol. The van der Waals surface area contributed by atoms with Crippen LogP contribution in [0.2, 0.25) is 0 Å². The van der Waals surface area contributed by atoms with Gasteiger partial charge >= 0.3 is 0 Å². The van der Waals surface area contributed by atoms with Gasteiger partial charge in [-0.3, -0.25) is 4.79 Å². The second-order valence-corrected chi connectivity index (χ2v) is 5.64. The van der Waals surface area contributed by atoms with Gasteiger partial charge in [-0.15, -0.1) is 0 Å². The number of ether oxygens (including phenoxy) is 2. The number of amides is 1. The van der Waals surface area contributed by atoms with Gasteiger partial charge < -0.3 is 14.8 Å². The fourth-order valence-corrected chi connectivity index (χ4v) is 2.33. The minimum Gasteiger partial charge on any atom is -0.497 e. The molecule has 1 amide bonds. The van der Waals surface area contributed by atoms with E-state index < -0.39 is 0 Å². The molecule has 0 atom stereocenters. The van der Waals surface area contributed by atoms with E-state index in [-0.39, 0.29) is 24.9 Å². The van der Waals surface area contributed by atoms with Crippen molar-refractivity contribution in [2.24, 2.45) is 0 Å². The summed E-state index contributed by atoms with van der Waals surface area (Å²) in [4.78, 5) is 20.3. The third kappa shape index (κ3) is 5.24. The van der Waals surface area contributed by atoms with Gasteiger partial charge in [-0.2, -0.15) is 0 Å². The Balaban J connectivity index is 1.54. The molecule has 1 heterocycles. The van der Waals surface area contributed by atoms with E-state index in [2.05, 4.69) is 15.3 Å². The highest BCUT2D eigenvalue weighted by Crippen LogP contribution is 2.20. The smallest absolute Gasteiger partial charge is 0.258 e. The van der Waals surface area contributed by atoms with Crippen molar-refractivity contribution in [2.45, 2.75) is 6.54 Å². The third-order valence-corrected chi connectivity index (χ3v) is 3.76. The predicted octanol–water partition coefficient (Wildman–Crippen LogP) is 2.99. The lowest BCUT2D eigenvalue weighted by Crippen LogP contribution is -2.28. The van der Waals surface area contributed by atoms with Gasteiger partial charge in [-0.05, 0) is 54.6 Å². The van der Waals surface area contributed by atoms with Crippen LogP contribution in [-0.2, 0) is 11.3 Å². The van der Waals surface area contributed by atoms with Crippen molar-refractivity contribution >= 4 is 5.91 Å². The first kappa shape index (κ1) is 18.3.